The number of carbonyl (C=O) groups is 1. The van der Waals surface area contributed by atoms with E-state index in [1.54, 1.807) is 0 Å². The van der Waals surface area contributed by atoms with Crippen LogP contribution in [0, 0.1) is 12.7 Å². The number of carboxylic acid groups (broad SMARTS) is 1. The number of aromatic nitrogens is 1. The first kappa shape index (κ1) is 7.65. The van der Waals surface area contributed by atoms with Crippen LogP contribution < -0.4 is 0 Å². The minimum Gasteiger partial charge on any atom is -0.477 e. The minimum atomic E-state index is -1.21. The zero-order valence-electron chi connectivity index (χ0n) is 5.84. The van der Waals surface area contributed by atoms with Crippen LogP contribution in [-0.4, -0.2) is 16.1 Å². The third kappa shape index (κ3) is 1.34. The summed E-state index contributed by atoms with van der Waals surface area (Å²) < 4.78 is 12.6. The summed E-state index contributed by atoms with van der Waals surface area (Å²) >= 11 is 0. The van der Waals surface area contributed by atoms with Crippen molar-refractivity contribution in [1.29, 1.82) is 0 Å². The Bertz CT molecular complexity index is 298. The topological polar surface area (TPSA) is 50.2 Å². The van der Waals surface area contributed by atoms with Crippen molar-refractivity contribution in [2.75, 3.05) is 0 Å². The molecule has 0 aliphatic heterocycles. The summed E-state index contributed by atoms with van der Waals surface area (Å²) in [6.07, 6.45) is 1.13. The second-order valence-electron chi connectivity index (χ2n) is 2.07. The first-order valence-electron chi connectivity index (χ1n) is 2.97. The Hall–Kier alpha value is -1.45. The Morgan fingerprint density at radius 2 is 2.36 bits per heavy atom. The summed E-state index contributed by atoms with van der Waals surface area (Å²) in [5.41, 5.74) is -0.162. The molecule has 11 heavy (non-hydrogen) atoms. The quantitative estimate of drug-likeness (QED) is 0.663. The fourth-order valence-electron chi connectivity index (χ4n) is 0.728. The Kier molecular flexibility index (Phi) is 1.85. The molecule has 1 N–H and O–H groups in total. The molecule has 0 unspecified atom stereocenters. The number of rotatable bonds is 1. The smallest absolute Gasteiger partial charge is 0.354 e. The summed E-state index contributed by atoms with van der Waals surface area (Å²) in [5.74, 6) is -1.75. The molecule has 0 radical (unpaired) electrons. The van der Waals surface area contributed by atoms with Crippen LogP contribution >= 0.6 is 0 Å². The highest BCUT2D eigenvalue weighted by molar-refractivity contribution is 5.86. The average molecular weight is 155 g/mol. The van der Waals surface area contributed by atoms with E-state index < -0.39 is 11.8 Å². The zero-order chi connectivity index (χ0) is 8.43. The number of hydrogen-bond acceptors (Lipinski definition) is 2. The van der Waals surface area contributed by atoms with Crippen molar-refractivity contribution in [2.45, 2.75) is 6.92 Å². The molecule has 0 aromatic carbocycles. The highest BCUT2D eigenvalue weighted by Crippen LogP contribution is 2.08. The lowest BCUT2D eigenvalue weighted by Gasteiger charge is -1.98. The molecule has 0 aliphatic carbocycles. The lowest BCUT2D eigenvalue weighted by Crippen LogP contribution is -2.04. The van der Waals surface area contributed by atoms with Gasteiger partial charge in [-0.2, -0.15) is 0 Å². The molecule has 1 heterocycles. The molecule has 1 aromatic heterocycles. The van der Waals surface area contributed by atoms with Crippen LogP contribution in [0.25, 0.3) is 0 Å². The van der Waals surface area contributed by atoms with Crippen LogP contribution in [0.2, 0.25) is 0 Å². The third-order valence-electron chi connectivity index (χ3n) is 1.34. The van der Waals surface area contributed by atoms with Gasteiger partial charge in [0.25, 0.3) is 0 Å². The number of pyridine rings is 1. The number of halogens is 1. The number of carboxylic acids is 1. The Balaban J connectivity index is 3.27. The minimum absolute atomic E-state index is 0.0694. The molecule has 1 aromatic rings. The van der Waals surface area contributed by atoms with Crippen molar-refractivity contribution < 1.29 is 14.3 Å². The van der Waals surface area contributed by atoms with Gasteiger partial charge in [0.05, 0.1) is 0 Å². The van der Waals surface area contributed by atoms with Gasteiger partial charge in [0.1, 0.15) is 5.82 Å². The van der Waals surface area contributed by atoms with Crippen LogP contribution in [0.3, 0.4) is 0 Å². The molecule has 0 spiro atoms. The summed E-state index contributed by atoms with van der Waals surface area (Å²) in [7, 11) is 0. The second kappa shape index (κ2) is 2.65. The molecule has 4 heteroatoms. The van der Waals surface area contributed by atoms with E-state index in [2.05, 4.69) is 4.98 Å². The predicted octanol–water partition coefficient (Wildman–Crippen LogP) is 1.23. The van der Waals surface area contributed by atoms with Crippen LogP contribution in [0.4, 0.5) is 4.39 Å². The Morgan fingerprint density at radius 1 is 1.73 bits per heavy atom. The second-order valence-corrected chi connectivity index (χ2v) is 2.07. The van der Waals surface area contributed by atoms with Gasteiger partial charge in [-0.1, -0.05) is 0 Å². The van der Waals surface area contributed by atoms with Gasteiger partial charge in [0.15, 0.2) is 5.69 Å². The number of nitrogens with zero attached hydrogens (tertiary/aromatic N) is 1. The maximum Gasteiger partial charge on any atom is 0.354 e. The van der Waals surface area contributed by atoms with E-state index in [1.807, 2.05) is 0 Å². The van der Waals surface area contributed by atoms with Gasteiger partial charge in [-0.3, -0.25) is 0 Å². The Morgan fingerprint density at radius 3 is 2.82 bits per heavy atom. The summed E-state index contributed by atoms with van der Waals surface area (Å²) in [6.45, 7) is 1.38. The molecule has 0 amide bonds. The van der Waals surface area contributed by atoms with E-state index in [-0.39, 0.29) is 11.3 Å². The summed E-state index contributed by atoms with van der Waals surface area (Å²) in [5, 5.41) is 8.46. The summed E-state index contributed by atoms with van der Waals surface area (Å²) in [4.78, 5) is 13.8. The van der Waals surface area contributed by atoms with Crippen molar-refractivity contribution in [3.05, 3.63) is 29.3 Å². The van der Waals surface area contributed by atoms with E-state index >= 15 is 0 Å². The number of hydrogen-bond donors (Lipinski definition) is 1. The maximum atomic E-state index is 12.6. The summed E-state index contributed by atoms with van der Waals surface area (Å²) in [6, 6.07) is 1.13. The van der Waals surface area contributed by atoms with Crippen LogP contribution in [0.15, 0.2) is 12.3 Å². The van der Waals surface area contributed by atoms with E-state index in [9.17, 15) is 9.18 Å². The van der Waals surface area contributed by atoms with Crippen LogP contribution in [-0.2, 0) is 0 Å². The molecular formula is C7H6FNO2. The largest absolute Gasteiger partial charge is 0.477 e. The molecule has 0 saturated carbocycles. The molecule has 0 saturated heterocycles. The lowest BCUT2D eigenvalue weighted by atomic mass is 10.2. The van der Waals surface area contributed by atoms with Crippen LogP contribution in [0.5, 0.6) is 0 Å². The van der Waals surface area contributed by atoms with Crippen molar-refractivity contribution >= 4 is 5.97 Å². The molecule has 0 bridgehead atoms. The molecule has 0 aliphatic rings. The van der Waals surface area contributed by atoms with E-state index in [0.717, 1.165) is 12.3 Å². The first-order valence-corrected chi connectivity index (χ1v) is 2.97. The monoisotopic (exact) mass is 155 g/mol. The number of aromatic carboxylic acids is 1. The molecular weight excluding hydrogens is 149 g/mol. The first-order chi connectivity index (χ1) is 5.13. The predicted molar refractivity (Wildman–Crippen MR) is 35.9 cm³/mol. The van der Waals surface area contributed by atoms with Gasteiger partial charge in [0.2, 0.25) is 0 Å². The zero-order valence-corrected chi connectivity index (χ0v) is 5.84. The fourth-order valence-corrected chi connectivity index (χ4v) is 0.728. The van der Waals surface area contributed by atoms with Crippen molar-refractivity contribution in [3.63, 3.8) is 0 Å². The highest BCUT2D eigenvalue weighted by Gasteiger charge is 2.10. The van der Waals surface area contributed by atoms with Crippen molar-refractivity contribution in [2.24, 2.45) is 0 Å². The van der Waals surface area contributed by atoms with Gasteiger partial charge in [0, 0.05) is 11.8 Å². The fraction of sp³-hybridized carbons (Fsp3) is 0.143. The van der Waals surface area contributed by atoms with Gasteiger partial charge in [-0.25, -0.2) is 14.2 Å². The molecule has 0 atom stereocenters. The normalized spacial score (nSPS) is 9.64. The van der Waals surface area contributed by atoms with Crippen LogP contribution in [0.1, 0.15) is 16.1 Å². The molecule has 1 rings (SSSR count). The van der Waals surface area contributed by atoms with Gasteiger partial charge < -0.3 is 5.11 Å². The van der Waals surface area contributed by atoms with Crippen molar-refractivity contribution in [1.82, 2.24) is 4.98 Å². The van der Waals surface area contributed by atoms with E-state index in [4.69, 9.17) is 5.11 Å². The molecule has 58 valence electrons. The van der Waals surface area contributed by atoms with E-state index in [0.29, 0.717) is 0 Å². The lowest BCUT2D eigenvalue weighted by molar-refractivity contribution is 0.0689. The van der Waals surface area contributed by atoms with Gasteiger partial charge >= 0.3 is 5.97 Å². The SMILES string of the molecule is Cc1c(F)ccnc1C(=O)O. The van der Waals surface area contributed by atoms with E-state index in [1.165, 1.54) is 6.92 Å². The highest BCUT2D eigenvalue weighted by atomic mass is 19.1. The van der Waals surface area contributed by atoms with Crippen molar-refractivity contribution in [3.8, 4) is 0 Å². The third-order valence-corrected chi connectivity index (χ3v) is 1.34. The average Bonchev–Trinajstić information content (AvgIpc) is 1.94. The maximum absolute atomic E-state index is 12.6. The Labute approximate surface area is 62.5 Å². The van der Waals surface area contributed by atoms with Gasteiger partial charge in [-0.05, 0) is 13.0 Å². The molecule has 3 nitrogen and oxygen atoms in total. The van der Waals surface area contributed by atoms with Gasteiger partial charge in [-0.15, -0.1) is 0 Å². The standard InChI is InChI=1S/C7H6FNO2/c1-4-5(8)2-3-9-6(4)7(10)11/h2-3H,1H3,(H,10,11). The molecule has 0 fully saturated rings.